The maximum atomic E-state index is 5.42. The zero-order valence-corrected chi connectivity index (χ0v) is 15.1. The number of ether oxygens (including phenoxy) is 1. The van der Waals surface area contributed by atoms with Crippen molar-refractivity contribution in [3.8, 4) is 5.75 Å². The zero-order valence-electron chi connectivity index (χ0n) is 13.5. The number of rotatable bonds is 5. The minimum absolute atomic E-state index is 0.0602. The van der Waals surface area contributed by atoms with E-state index in [9.17, 15) is 0 Å². The van der Waals surface area contributed by atoms with E-state index in [0.29, 0.717) is 0 Å². The second kappa shape index (κ2) is 6.99. The number of nitrogens with zero attached hydrogens (tertiary/aromatic N) is 1. The SMILES string of the molecule is C=C(C=CC(=C)C(C)(C)C)N(C)c1ccc(Br)cc1OC. The van der Waals surface area contributed by atoms with Crippen molar-refractivity contribution in [2.75, 3.05) is 19.1 Å². The molecular formula is C18H24BrNO. The molecule has 3 heteroatoms. The van der Waals surface area contributed by atoms with Gasteiger partial charge in [0.15, 0.2) is 0 Å². The topological polar surface area (TPSA) is 12.5 Å². The van der Waals surface area contributed by atoms with Gasteiger partial charge in [-0.2, -0.15) is 0 Å². The van der Waals surface area contributed by atoms with Gasteiger partial charge < -0.3 is 9.64 Å². The van der Waals surface area contributed by atoms with E-state index in [-0.39, 0.29) is 5.41 Å². The third-order valence-corrected chi connectivity index (χ3v) is 3.87. The molecule has 0 aliphatic rings. The van der Waals surface area contributed by atoms with Crippen LogP contribution in [0, 0.1) is 5.41 Å². The van der Waals surface area contributed by atoms with E-state index in [2.05, 4.69) is 49.9 Å². The Balaban J connectivity index is 2.94. The first-order valence-electron chi connectivity index (χ1n) is 6.80. The molecule has 0 heterocycles. The lowest BCUT2D eigenvalue weighted by molar-refractivity contribution is 0.415. The standard InChI is InChI=1S/C18H24BrNO/c1-13(18(3,4)5)8-9-14(2)20(6)16-11-10-15(19)12-17(16)21-7/h8-12H,1-2H2,3-7H3. The quantitative estimate of drug-likeness (QED) is 0.644. The molecule has 1 aromatic rings. The summed E-state index contributed by atoms with van der Waals surface area (Å²) in [5.41, 5.74) is 2.97. The van der Waals surface area contributed by atoms with Crippen LogP contribution in [0.25, 0.3) is 0 Å². The van der Waals surface area contributed by atoms with Crippen LogP contribution in [0.2, 0.25) is 0 Å². The molecule has 0 fully saturated rings. The van der Waals surface area contributed by atoms with Crippen molar-refractivity contribution in [3.63, 3.8) is 0 Å². The van der Waals surface area contributed by atoms with Gasteiger partial charge in [-0.25, -0.2) is 0 Å². The summed E-state index contributed by atoms with van der Waals surface area (Å²) in [6.07, 6.45) is 4.00. The van der Waals surface area contributed by atoms with E-state index in [1.54, 1.807) is 7.11 Å². The van der Waals surface area contributed by atoms with Gasteiger partial charge in [-0.05, 0) is 35.3 Å². The molecule has 0 aromatic heterocycles. The Hall–Kier alpha value is -1.48. The van der Waals surface area contributed by atoms with Crippen molar-refractivity contribution >= 4 is 21.6 Å². The van der Waals surface area contributed by atoms with Crippen LogP contribution in [0.5, 0.6) is 5.75 Å². The zero-order chi connectivity index (χ0) is 16.2. The Morgan fingerprint density at radius 2 is 1.86 bits per heavy atom. The van der Waals surface area contributed by atoms with Crippen molar-refractivity contribution in [3.05, 3.63) is 59.3 Å². The smallest absolute Gasteiger partial charge is 0.143 e. The van der Waals surface area contributed by atoms with Crippen molar-refractivity contribution in [2.45, 2.75) is 20.8 Å². The first-order chi connectivity index (χ1) is 9.66. The molecule has 0 N–H and O–H groups in total. The maximum Gasteiger partial charge on any atom is 0.143 e. The molecule has 0 unspecified atom stereocenters. The van der Waals surface area contributed by atoms with E-state index in [1.165, 1.54) is 0 Å². The molecule has 2 nitrogen and oxygen atoms in total. The highest BCUT2D eigenvalue weighted by Crippen LogP contribution is 2.32. The summed E-state index contributed by atoms with van der Waals surface area (Å²) in [5.74, 6) is 0.802. The predicted octanol–water partition coefficient (Wildman–Crippen LogP) is 5.57. The van der Waals surface area contributed by atoms with Crippen LogP contribution in [0.1, 0.15) is 20.8 Å². The normalized spacial score (nSPS) is 11.5. The molecule has 114 valence electrons. The fourth-order valence-electron chi connectivity index (χ4n) is 1.64. The third-order valence-electron chi connectivity index (χ3n) is 3.37. The van der Waals surface area contributed by atoms with Crippen molar-refractivity contribution in [1.29, 1.82) is 0 Å². The molecule has 21 heavy (non-hydrogen) atoms. The summed E-state index contributed by atoms with van der Waals surface area (Å²) in [7, 11) is 3.64. The molecule has 0 aliphatic carbocycles. The number of anilines is 1. The lowest BCUT2D eigenvalue weighted by Crippen LogP contribution is -2.15. The van der Waals surface area contributed by atoms with E-state index in [1.807, 2.05) is 42.3 Å². The first kappa shape index (κ1) is 17.6. The average Bonchev–Trinajstić information content (AvgIpc) is 2.42. The van der Waals surface area contributed by atoms with Crippen LogP contribution >= 0.6 is 15.9 Å². The maximum absolute atomic E-state index is 5.42. The molecule has 0 spiro atoms. The Labute approximate surface area is 136 Å². The molecule has 0 bridgehead atoms. The summed E-state index contributed by atoms with van der Waals surface area (Å²) < 4.78 is 6.41. The lowest BCUT2D eigenvalue weighted by Gasteiger charge is -2.23. The number of likely N-dealkylation sites (N-methyl/N-ethyl adjacent to an activating group) is 1. The molecular weight excluding hydrogens is 326 g/mol. The third kappa shape index (κ3) is 4.78. The highest BCUT2D eigenvalue weighted by atomic mass is 79.9. The van der Waals surface area contributed by atoms with Crippen LogP contribution < -0.4 is 9.64 Å². The number of hydrogen-bond acceptors (Lipinski definition) is 2. The predicted molar refractivity (Wildman–Crippen MR) is 96.0 cm³/mol. The van der Waals surface area contributed by atoms with Gasteiger partial charge in [-0.1, -0.05) is 55.9 Å². The van der Waals surface area contributed by atoms with Gasteiger partial charge in [0.1, 0.15) is 5.75 Å². The Kier molecular flexibility index (Phi) is 5.85. The van der Waals surface area contributed by atoms with E-state index in [0.717, 1.165) is 27.2 Å². The summed E-state index contributed by atoms with van der Waals surface area (Å²) in [6.45, 7) is 14.6. The van der Waals surface area contributed by atoms with Crippen molar-refractivity contribution in [1.82, 2.24) is 0 Å². The van der Waals surface area contributed by atoms with Gasteiger partial charge in [0.25, 0.3) is 0 Å². The van der Waals surface area contributed by atoms with Gasteiger partial charge in [-0.15, -0.1) is 0 Å². The van der Waals surface area contributed by atoms with Crippen LogP contribution in [0.15, 0.2) is 59.3 Å². The Morgan fingerprint density at radius 1 is 1.24 bits per heavy atom. The highest BCUT2D eigenvalue weighted by Gasteiger charge is 2.13. The molecule has 1 aromatic carbocycles. The number of halogens is 1. The highest BCUT2D eigenvalue weighted by molar-refractivity contribution is 9.10. The summed E-state index contributed by atoms with van der Waals surface area (Å²) in [5, 5.41) is 0. The average molecular weight is 350 g/mol. The monoisotopic (exact) mass is 349 g/mol. The van der Waals surface area contributed by atoms with Gasteiger partial charge in [0.05, 0.1) is 12.8 Å². The van der Waals surface area contributed by atoms with Crippen molar-refractivity contribution in [2.24, 2.45) is 5.41 Å². The fraction of sp³-hybridized carbons (Fsp3) is 0.333. The van der Waals surface area contributed by atoms with E-state index >= 15 is 0 Å². The minimum atomic E-state index is 0.0602. The van der Waals surface area contributed by atoms with Crippen LogP contribution in [0.3, 0.4) is 0 Å². The van der Waals surface area contributed by atoms with E-state index in [4.69, 9.17) is 4.74 Å². The van der Waals surface area contributed by atoms with Gasteiger partial charge >= 0.3 is 0 Å². The van der Waals surface area contributed by atoms with Crippen LogP contribution in [-0.2, 0) is 0 Å². The molecule has 0 saturated heterocycles. The number of hydrogen-bond donors (Lipinski definition) is 0. The minimum Gasteiger partial charge on any atom is -0.495 e. The van der Waals surface area contributed by atoms with Gasteiger partial charge in [0, 0.05) is 17.2 Å². The Morgan fingerprint density at radius 3 is 2.38 bits per heavy atom. The second-order valence-electron chi connectivity index (χ2n) is 5.98. The summed E-state index contributed by atoms with van der Waals surface area (Å²) in [4.78, 5) is 2.00. The van der Waals surface area contributed by atoms with Gasteiger partial charge in [-0.3, -0.25) is 0 Å². The fourth-order valence-corrected chi connectivity index (χ4v) is 1.98. The van der Waals surface area contributed by atoms with Crippen LogP contribution in [-0.4, -0.2) is 14.2 Å². The first-order valence-corrected chi connectivity index (χ1v) is 7.59. The summed E-state index contributed by atoms with van der Waals surface area (Å²) in [6, 6.07) is 5.93. The summed E-state index contributed by atoms with van der Waals surface area (Å²) >= 11 is 3.45. The lowest BCUT2D eigenvalue weighted by atomic mass is 9.87. The van der Waals surface area contributed by atoms with E-state index < -0.39 is 0 Å². The van der Waals surface area contributed by atoms with Crippen LogP contribution in [0.4, 0.5) is 5.69 Å². The largest absolute Gasteiger partial charge is 0.495 e. The molecule has 0 amide bonds. The number of benzene rings is 1. The molecule has 0 saturated carbocycles. The molecule has 0 aliphatic heterocycles. The van der Waals surface area contributed by atoms with Crippen molar-refractivity contribution < 1.29 is 4.74 Å². The van der Waals surface area contributed by atoms with Gasteiger partial charge in [0.2, 0.25) is 0 Å². The molecule has 1 rings (SSSR count). The molecule has 0 radical (unpaired) electrons. The number of methoxy groups -OCH3 is 1. The Bertz CT molecular complexity index is 567. The second-order valence-corrected chi connectivity index (χ2v) is 6.89. The molecule has 0 atom stereocenters. The number of allylic oxidation sites excluding steroid dienone is 3.